The molecule has 2 unspecified atom stereocenters. The second kappa shape index (κ2) is 6.33. The molecule has 0 rings (SSSR count). The van der Waals surface area contributed by atoms with Crippen LogP contribution in [0.4, 0.5) is 0 Å². The minimum Gasteiger partial charge on any atom is -0.481 e. The summed E-state index contributed by atoms with van der Waals surface area (Å²) in [5.74, 6) is -1.66. The molecular formula is C8H16N2O4. The van der Waals surface area contributed by atoms with E-state index in [9.17, 15) is 9.59 Å². The van der Waals surface area contributed by atoms with Gasteiger partial charge in [0.05, 0.1) is 0 Å². The Bertz CT molecular complexity index is 208. The molecule has 0 saturated carbocycles. The van der Waals surface area contributed by atoms with Gasteiger partial charge in [0.2, 0.25) is 5.91 Å². The molecule has 0 aromatic rings. The number of carbonyl (C=O) groups excluding carboxylic acids is 1. The number of carboxylic acid groups (broad SMARTS) is 1. The van der Waals surface area contributed by atoms with Crippen LogP contribution in [0.3, 0.4) is 0 Å². The van der Waals surface area contributed by atoms with Gasteiger partial charge < -0.3 is 21.3 Å². The lowest BCUT2D eigenvalue weighted by molar-refractivity contribution is -0.137. The van der Waals surface area contributed by atoms with Crippen LogP contribution in [0.2, 0.25) is 0 Å². The SMILES string of the molecule is CC(CCC(=O)O)NCC(O)C(N)=O. The van der Waals surface area contributed by atoms with Crippen LogP contribution >= 0.6 is 0 Å². The van der Waals surface area contributed by atoms with Gasteiger partial charge in [0.25, 0.3) is 0 Å². The first kappa shape index (κ1) is 12.9. The van der Waals surface area contributed by atoms with E-state index in [-0.39, 0.29) is 19.0 Å². The number of amides is 1. The van der Waals surface area contributed by atoms with E-state index in [0.29, 0.717) is 6.42 Å². The van der Waals surface area contributed by atoms with Gasteiger partial charge in [-0.05, 0) is 13.3 Å². The fourth-order valence-corrected chi connectivity index (χ4v) is 0.855. The zero-order valence-corrected chi connectivity index (χ0v) is 8.06. The van der Waals surface area contributed by atoms with E-state index in [1.54, 1.807) is 6.92 Å². The molecule has 0 aliphatic carbocycles. The first-order chi connectivity index (χ1) is 6.43. The van der Waals surface area contributed by atoms with Gasteiger partial charge in [-0.25, -0.2) is 0 Å². The third-order valence-electron chi connectivity index (χ3n) is 1.78. The Kier molecular flexibility index (Phi) is 5.82. The van der Waals surface area contributed by atoms with E-state index in [0.717, 1.165) is 0 Å². The highest BCUT2D eigenvalue weighted by Crippen LogP contribution is 1.96. The summed E-state index contributed by atoms with van der Waals surface area (Å²) in [6.07, 6.45) is -0.718. The summed E-state index contributed by atoms with van der Waals surface area (Å²) >= 11 is 0. The Morgan fingerprint density at radius 1 is 1.50 bits per heavy atom. The second-order valence-corrected chi connectivity index (χ2v) is 3.16. The van der Waals surface area contributed by atoms with E-state index in [2.05, 4.69) is 5.32 Å². The van der Waals surface area contributed by atoms with Gasteiger partial charge in [0.15, 0.2) is 0 Å². The van der Waals surface area contributed by atoms with Gasteiger partial charge in [-0.3, -0.25) is 9.59 Å². The molecule has 0 spiro atoms. The summed E-state index contributed by atoms with van der Waals surface area (Å²) in [5, 5.41) is 20.2. The molecule has 0 saturated heterocycles. The molecule has 0 radical (unpaired) electrons. The highest BCUT2D eigenvalue weighted by atomic mass is 16.4. The van der Waals surface area contributed by atoms with Crippen LogP contribution in [0.5, 0.6) is 0 Å². The highest BCUT2D eigenvalue weighted by Gasteiger charge is 2.12. The number of carboxylic acids is 1. The largest absolute Gasteiger partial charge is 0.481 e. The Morgan fingerprint density at radius 2 is 2.07 bits per heavy atom. The van der Waals surface area contributed by atoms with Gasteiger partial charge in [-0.1, -0.05) is 0 Å². The molecule has 0 bridgehead atoms. The molecule has 0 heterocycles. The molecule has 0 aromatic carbocycles. The molecule has 0 aliphatic rings. The van der Waals surface area contributed by atoms with Crippen molar-refractivity contribution < 1.29 is 19.8 Å². The van der Waals surface area contributed by atoms with Crippen LogP contribution in [0.1, 0.15) is 19.8 Å². The van der Waals surface area contributed by atoms with Crippen LogP contribution in [0.15, 0.2) is 0 Å². The first-order valence-corrected chi connectivity index (χ1v) is 4.36. The lowest BCUT2D eigenvalue weighted by atomic mass is 10.2. The molecule has 0 aromatic heterocycles. The zero-order chi connectivity index (χ0) is 11.1. The van der Waals surface area contributed by atoms with Gasteiger partial charge in [-0.2, -0.15) is 0 Å². The molecule has 5 N–H and O–H groups in total. The third-order valence-corrected chi connectivity index (χ3v) is 1.78. The average molecular weight is 204 g/mol. The quantitative estimate of drug-likeness (QED) is 0.410. The monoisotopic (exact) mass is 204 g/mol. The van der Waals surface area contributed by atoms with Crippen LogP contribution in [0, 0.1) is 0 Å². The van der Waals surface area contributed by atoms with Gasteiger partial charge in [0, 0.05) is 19.0 Å². The van der Waals surface area contributed by atoms with Crippen molar-refractivity contribution in [3.8, 4) is 0 Å². The normalized spacial score (nSPS) is 14.7. The number of carbonyl (C=O) groups is 2. The van der Waals surface area contributed by atoms with Crippen LogP contribution in [-0.4, -0.2) is 40.8 Å². The smallest absolute Gasteiger partial charge is 0.303 e. The number of aliphatic carboxylic acids is 1. The van der Waals surface area contributed by atoms with Crippen LogP contribution in [-0.2, 0) is 9.59 Å². The predicted molar refractivity (Wildman–Crippen MR) is 49.5 cm³/mol. The predicted octanol–water partition coefficient (Wildman–Crippen LogP) is -1.32. The van der Waals surface area contributed by atoms with Gasteiger partial charge >= 0.3 is 5.97 Å². The number of rotatable bonds is 7. The van der Waals surface area contributed by atoms with E-state index < -0.39 is 18.0 Å². The summed E-state index contributed by atoms with van der Waals surface area (Å²) in [7, 11) is 0. The summed E-state index contributed by atoms with van der Waals surface area (Å²) in [5.41, 5.74) is 4.82. The van der Waals surface area contributed by atoms with Gasteiger partial charge in [0.1, 0.15) is 6.10 Å². The van der Waals surface area contributed by atoms with Crippen molar-refractivity contribution in [1.29, 1.82) is 0 Å². The highest BCUT2D eigenvalue weighted by molar-refractivity contribution is 5.78. The molecule has 6 nitrogen and oxygen atoms in total. The molecule has 14 heavy (non-hydrogen) atoms. The summed E-state index contributed by atoms with van der Waals surface area (Å²) in [6.45, 7) is 1.83. The van der Waals surface area contributed by atoms with Crippen molar-refractivity contribution in [3.05, 3.63) is 0 Å². The Hall–Kier alpha value is -1.14. The lowest BCUT2D eigenvalue weighted by Crippen LogP contribution is -2.40. The number of hydrogen-bond donors (Lipinski definition) is 4. The van der Waals surface area contributed by atoms with Crippen LogP contribution in [0.25, 0.3) is 0 Å². The number of aliphatic hydroxyl groups is 1. The number of hydrogen-bond acceptors (Lipinski definition) is 4. The van der Waals surface area contributed by atoms with Crippen molar-refractivity contribution in [3.63, 3.8) is 0 Å². The fraction of sp³-hybridized carbons (Fsp3) is 0.750. The number of nitrogens with one attached hydrogen (secondary N) is 1. The maximum absolute atomic E-state index is 10.4. The van der Waals surface area contributed by atoms with Crippen molar-refractivity contribution in [2.45, 2.75) is 31.9 Å². The Labute approximate surface area is 82.1 Å². The standard InChI is InChI=1S/C8H16N2O4/c1-5(2-3-7(12)13)10-4-6(11)8(9)14/h5-6,10-11H,2-4H2,1H3,(H2,9,14)(H,12,13). The number of primary amides is 1. The first-order valence-electron chi connectivity index (χ1n) is 4.36. The fourth-order valence-electron chi connectivity index (χ4n) is 0.855. The number of aliphatic hydroxyl groups excluding tert-OH is 1. The molecule has 0 fully saturated rings. The minimum absolute atomic E-state index is 0.0517. The second-order valence-electron chi connectivity index (χ2n) is 3.16. The molecule has 82 valence electrons. The lowest BCUT2D eigenvalue weighted by Gasteiger charge is -2.14. The maximum Gasteiger partial charge on any atom is 0.303 e. The van der Waals surface area contributed by atoms with E-state index >= 15 is 0 Å². The average Bonchev–Trinajstić information content (AvgIpc) is 2.10. The summed E-state index contributed by atoms with van der Waals surface area (Å²) < 4.78 is 0. The molecular weight excluding hydrogens is 188 g/mol. The topological polar surface area (TPSA) is 113 Å². The van der Waals surface area contributed by atoms with Gasteiger partial charge in [-0.15, -0.1) is 0 Å². The Morgan fingerprint density at radius 3 is 2.50 bits per heavy atom. The van der Waals surface area contributed by atoms with E-state index in [1.165, 1.54) is 0 Å². The zero-order valence-electron chi connectivity index (χ0n) is 8.06. The van der Waals surface area contributed by atoms with Crippen LogP contribution < -0.4 is 11.1 Å². The van der Waals surface area contributed by atoms with Crippen molar-refractivity contribution in [1.82, 2.24) is 5.32 Å². The maximum atomic E-state index is 10.4. The number of nitrogens with two attached hydrogens (primary N) is 1. The molecule has 0 aliphatic heterocycles. The van der Waals surface area contributed by atoms with Crippen molar-refractivity contribution in [2.24, 2.45) is 5.73 Å². The van der Waals surface area contributed by atoms with E-state index in [1.807, 2.05) is 0 Å². The minimum atomic E-state index is -1.22. The summed E-state index contributed by atoms with van der Waals surface area (Å²) in [6, 6.07) is -0.0694. The molecule has 1 amide bonds. The van der Waals surface area contributed by atoms with E-state index in [4.69, 9.17) is 15.9 Å². The summed E-state index contributed by atoms with van der Waals surface area (Å²) in [4.78, 5) is 20.6. The van der Waals surface area contributed by atoms with Crippen molar-refractivity contribution in [2.75, 3.05) is 6.54 Å². The Balaban J connectivity index is 3.58. The van der Waals surface area contributed by atoms with Crippen molar-refractivity contribution >= 4 is 11.9 Å². The molecule has 6 heteroatoms. The molecule has 2 atom stereocenters. The third kappa shape index (κ3) is 6.38.